The average molecular weight is 370 g/mol. The standard InChI is InChI=1S/C18H27N3O3.ClH/c1-3-12-21(18(23)14-8-10-19-11-9-14)13-17(22)20-15-6-4-5-7-16(15)24-2;/h4-7,14,19H,3,8-13H2,1-2H3,(H,20,22);1H. The molecule has 6 nitrogen and oxygen atoms in total. The Bertz CT molecular complexity index is 562. The van der Waals surface area contributed by atoms with Crippen LogP contribution in [-0.4, -0.2) is 50.0 Å². The van der Waals surface area contributed by atoms with Crippen molar-refractivity contribution >= 4 is 29.9 Å². The van der Waals surface area contributed by atoms with E-state index in [1.165, 1.54) is 0 Å². The van der Waals surface area contributed by atoms with Gasteiger partial charge in [-0.15, -0.1) is 12.4 Å². The lowest BCUT2D eigenvalue weighted by Gasteiger charge is -2.29. The van der Waals surface area contributed by atoms with E-state index in [0.717, 1.165) is 32.4 Å². The zero-order valence-electron chi connectivity index (χ0n) is 14.9. The Labute approximate surface area is 155 Å². The summed E-state index contributed by atoms with van der Waals surface area (Å²) in [5.41, 5.74) is 0.621. The van der Waals surface area contributed by atoms with Gasteiger partial charge in [-0.1, -0.05) is 19.1 Å². The number of nitrogens with zero attached hydrogens (tertiary/aromatic N) is 1. The molecule has 1 fully saturated rings. The molecule has 140 valence electrons. The number of ether oxygens (including phenoxy) is 1. The van der Waals surface area contributed by atoms with Crippen LogP contribution in [0.25, 0.3) is 0 Å². The van der Waals surface area contributed by atoms with Crippen LogP contribution in [0.3, 0.4) is 0 Å². The molecule has 0 atom stereocenters. The van der Waals surface area contributed by atoms with Crippen LogP contribution in [0.1, 0.15) is 26.2 Å². The van der Waals surface area contributed by atoms with Crippen molar-refractivity contribution in [3.05, 3.63) is 24.3 Å². The predicted octanol–water partition coefficient (Wildman–Crippen LogP) is 2.29. The van der Waals surface area contributed by atoms with Crippen molar-refractivity contribution in [1.29, 1.82) is 0 Å². The van der Waals surface area contributed by atoms with Crippen LogP contribution in [0, 0.1) is 5.92 Å². The molecule has 25 heavy (non-hydrogen) atoms. The summed E-state index contributed by atoms with van der Waals surface area (Å²) >= 11 is 0. The smallest absolute Gasteiger partial charge is 0.244 e. The Kier molecular flexibility index (Phi) is 9.31. The Morgan fingerprint density at radius 1 is 1.28 bits per heavy atom. The van der Waals surface area contributed by atoms with E-state index in [9.17, 15) is 9.59 Å². The van der Waals surface area contributed by atoms with Gasteiger partial charge in [0.1, 0.15) is 5.75 Å². The molecule has 0 radical (unpaired) electrons. The fraction of sp³-hybridized carbons (Fsp3) is 0.556. The van der Waals surface area contributed by atoms with Crippen molar-refractivity contribution < 1.29 is 14.3 Å². The molecular weight excluding hydrogens is 342 g/mol. The number of methoxy groups -OCH3 is 1. The maximum atomic E-state index is 12.7. The topological polar surface area (TPSA) is 70.7 Å². The van der Waals surface area contributed by atoms with E-state index in [1.807, 2.05) is 19.1 Å². The molecule has 1 aliphatic rings. The molecule has 1 aromatic carbocycles. The van der Waals surface area contributed by atoms with Crippen molar-refractivity contribution in [1.82, 2.24) is 10.2 Å². The minimum Gasteiger partial charge on any atom is -0.495 e. The van der Waals surface area contributed by atoms with Gasteiger partial charge in [-0.2, -0.15) is 0 Å². The van der Waals surface area contributed by atoms with Crippen LogP contribution in [0.2, 0.25) is 0 Å². The molecule has 0 spiro atoms. The lowest BCUT2D eigenvalue weighted by molar-refractivity contribution is -0.139. The Hall–Kier alpha value is -1.79. The average Bonchev–Trinajstić information content (AvgIpc) is 2.62. The highest BCUT2D eigenvalue weighted by atomic mass is 35.5. The van der Waals surface area contributed by atoms with Crippen LogP contribution in [0.15, 0.2) is 24.3 Å². The molecule has 0 aliphatic carbocycles. The summed E-state index contributed by atoms with van der Waals surface area (Å²) in [6, 6.07) is 7.26. The Balaban J connectivity index is 0.00000312. The predicted molar refractivity (Wildman–Crippen MR) is 101 cm³/mol. The number of hydrogen-bond donors (Lipinski definition) is 2. The van der Waals surface area contributed by atoms with Crippen LogP contribution < -0.4 is 15.4 Å². The molecule has 1 aliphatic heterocycles. The van der Waals surface area contributed by atoms with Crippen LogP contribution in [0.5, 0.6) is 5.75 Å². The third kappa shape index (κ3) is 6.21. The Morgan fingerprint density at radius 3 is 2.60 bits per heavy atom. The van der Waals surface area contributed by atoms with Crippen LogP contribution in [-0.2, 0) is 9.59 Å². The summed E-state index contributed by atoms with van der Waals surface area (Å²) in [5.74, 6) is 0.526. The first kappa shape index (κ1) is 21.3. The van der Waals surface area contributed by atoms with E-state index in [2.05, 4.69) is 10.6 Å². The molecule has 0 unspecified atom stereocenters. The molecule has 2 rings (SSSR count). The number of para-hydroxylation sites is 2. The minimum atomic E-state index is -0.199. The molecule has 0 aromatic heterocycles. The number of rotatable bonds is 7. The van der Waals surface area contributed by atoms with Gasteiger partial charge in [0.05, 0.1) is 19.3 Å². The second-order valence-electron chi connectivity index (χ2n) is 6.03. The number of nitrogens with one attached hydrogen (secondary N) is 2. The number of benzene rings is 1. The van der Waals surface area contributed by atoms with Crippen molar-refractivity contribution in [3.63, 3.8) is 0 Å². The molecule has 2 N–H and O–H groups in total. The highest BCUT2D eigenvalue weighted by Crippen LogP contribution is 2.23. The van der Waals surface area contributed by atoms with E-state index in [1.54, 1.807) is 24.1 Å². The van der Waals surface area contributed by atoms with E-state index in [0.29, 0.717) is 18.0 Å². The first-order valence-corrected chi connectivity index (χ1v) is 8.58. The van der Waals surface area contributed by atoms with Crippen LogP contribution >= 0.6 is 12.4 Å². The van der Waals surface area contributed by atoms with Crippen molar-refractivity contribution in [3.8, 4) is 5.75 Å². The minimum absolute atomic E-state index is 0. The SMILES string of the molecule is CCCN(CC(=O)Nc1ccccc1OC)C(=O)C1CCNCC1.Cl. The largest absolute Gasteiger partial charge is 0.495 e. The highest BCUT2D eigenvalue weighted by molar-refractivity contribution is 5.96. The Morgan fingerprint density at radius 2 is 1.96 bits per heavy atom. The number of amides is 2. The van der Waals surface area contributed by atoms with Crippen molar-refractivity contribution in [2.45, 2.75) is 26.2 Å². The van der Waals surface area contributed by atoms with Gasteiger partial charge >= 0.3 is 0 Å². The summed E-state index contributed by atoms with van der Waals surface area (Å²) in [6.07, 6.45) is 2.51. The van der Waals surface area contributed by atoms with Gasteiger partial charge < -0.3 is 20.3 Å². The van der Waals surface area contributed by atoms with Gasteiger partial charge in [-0.3, -0.25) is 9.59 Å². The number of anilines is 1. The van der Waals surface area contributed by atoms with E-state index in [4.69, 9.17) is 4.74 Å². The fourth-order valence-corrected chi connectivity index (χ4v) is 2.98. The first-order chi connectivity index (χ1) is 11.7. The molecule has 1 saturated heterocycles. The molecule has 0 bridgehead atoms. The van der Waals surface area contributed by atoms with Crippen molar-refractivity contribution in [2.75, 3.05) is 38.6 Å². The number of halogens is 1. The summed E-state index contributed by atoms with van der Waals surface area (Å²) in [4.78, 5) is 26.8. The molecule has 0 saturated carbocycles. The molecule has 7 heteroatoms. The first-order valence-electron chi connectivity index (χ1n) is 8.58. The van der Waals surface area contributed by atoms with Gasteiger partial charge in [-0.05, 0) is 44.5 Å². The molecule has 1 heterocycles. The second-order valence-corrected chi connectivity index (χ2v) is 6.03. The summed E-state index contributed by atoms with van der Waals surface area (Å²) in [5, 5.41) is 6.10. The van der Waals surface area contributed by atoms with Crippen molar-refractivity contribution in [2.24, 2.45) is 5.92 Å². The summed E-state index contributed by atoms with van der Waals surface area (Å²) in [7, 11) is 1.56. The van der Waals surface area contributed by atoms with E-state index < -0.39 is 0 Å². The van der Waals surface area contributed by atoms with Gasteiger partial charge in [0.2, 0.25) is 11.8 Å². The normalized spacial score (nSPS) is 14.3. The number of carbonyl (C=O) groups is 2. The third-order valence-corrected chi connectivity index (χ3v) is 4.21. The summed E-state index contributed by atoms with van der Waals surface area (Å²) < 4.78 is 5.24. The second kappa shape index (κ2) is 10.9. The quantitative estimate of drug-likeness (QED) is 0.773. The third-order valence-electron chi connectivity index (χ3n) is 4.21. The maximum absolute atomic E-state index is 12.7. The highest BCUT2D eigenvalue weighted by Gasteiger charge is 2.26. The van der Waals surface area contributed by atoms with Gasteiger partial charge in [0.15, 0.2) is 0 Å². The number of hydrogen-bond acceptors (Lipinski definition) is 4. The zero-order valence-corrected chi connectivity index (χ0v) is 15.7. The monoisotopic (exact) mass is 369 g/mol. The van der Waals surface area contributed by atoms with Gasteiger partial charge in [0.25, 0.3) is 0 Å². The van der Waals surface area contributed by atoms with Gasteiger partial charge in [0, 0.05) is 12.5 Å². The lowest BCUT2D eigenvalue weighted by Crippen LogP contribution is -2.44. The van der Waals surface area contributed by atoms with E-state index in [-0.39, 0.29) is 36.7 Å². The maximum Gasteiger partial charge on any atom is 0.244 e. The van der Waals surface area contributed by atoms with E-state index >= 15 is 0 Å². The molecule has 2 amide bonds. The molecule has 1 aromatic rings. The lowest BCUT2D eigenvalue weighted by atomic mass is 9.96. The fourth-order valence-electron chi connectivity index (χ4n) is 2.98. The number of piperidine rings is 1. The summed E-state index contributed by atoms with van der Waals surface area (Å²) in [6.45, 7) is 4.42. The van der Waals surface area contributed by atoms with Gasteiger partial charge in [-0.25, -0.2) is 0 Å². The number of carbonyl (C=O) groups excluding carboxylic acids is 2. The van der Waals surface area contributed by atoms with Crippen LogP contribution in [0.4, 0.5) is 5.69 Å². The molecular formula is C18H28ClN3O3. The zero-order chi connectivity index (χ0) is 17.4.